The fraction of sp³-hybridized carbons (Fsp3) is 0.220. The maximum atomic E-state index is 2.38. The third-order valence-corrected chi connectivity index (χ3v) is 31.9. The van der Waals surface area contributed by atoms with Gasteiger partial charge < -0.3 is 0 Å². The number of benzene rings is 20. The van der Waals surface area contributed by atoms with Gasteiger partial charge in [0, 0.05) is 0 Å². The Morgan fingerprint density at radius 3 is 0.957 bits per heavy atom. The van der Waals surface area contributed by atoms with E-state index in [1.54, 1.807) is 0 Å². The van der Waals surface area contributed by atoms with Gasteiger partial charge in [-0.3, -0.25) is 0 Å². The molecule has 0 aliphatic heterocycles. The summed E-state index contributed by atoms with van der Waals surface area (Å²) in [5.74, 6) is 0. The minimum absolute atomic E-state index is 1.06. The molecule has 704 valence electrons. The normalized spacial score (nSPS) is 11.6. The molecule has 0 amide bonds. The standard InChI is InChI=1S/2C23H22.C22H20.C22H22.C18H18.C17H18.C16H18/c1-14-5-6-19-13-21-12-18(7-8-22(21)23(19)9-14)20-10-15(2)17(4)16(3)11-20;1-14-6-5-7-18(10-14)19-8-9-21-20(12-19)13-22-17(4)16(3)15(2)11-23(21)22;1-13-9-10-18-20(11-13)17-7-5-6-8-19(17)22-16(4)15(3)14(2)12-21(18)22;1-15-6-5-7-21(12-15)19-8-10-20(11-9-19)22-13-16(2)18(4)17(3)14-22;1-11-5-7-17-15(9-11)6-8-16-14(4)13(3)12(2)10-18(16)17;1-10-5-6-14-9-15-13(4)12(3)11(2)8-17(15)16(14)7-10;1-11-6-5-7-15(8-11)16-9-12(2)14(4)13(3)10-16/h2*5-12H,13H2,1-4H3;5-12H,1-4H3;5-14H,1-4H3;5-10H,1-4H3;5-8H,9H2,1-4H3;5-10H,1-4H3. The minimum atomic E-state index is 1.06. The van der Waals surface area contributed by atoms with E-state index in [0.29, 0.717) is 0 Å². The summed E-state index contributed by atoms with van der Waals surface area (Å²) in [5, 5.41) is 13.7. The molecule has 0 saturated carbocycles. The minimum Gasteiger partial charge on any atom is -0.0616 e. The van der Waals surface area contributed by atoms with Crippen molar-refractivity contribution in [3.63, 3.8) is 0 Å². The van der Waals surface area contributed by atoms with Crippen molar-refractivity contribution >= 4 is 53.9 Å². The van der Waals surface area contributed by atoms with Crippen LogP contribution in [0.1, 0.15) is 189 Å². The highest BCUT2D eigenvalue weighted by atomic mass is 14.3. The van der Waals surface area contributed by atoms with Crippen molar-refractivity contribution in [1.29, 1.82) is 0 Å². The third-order valence-electron chi connectivity index (χ3n) is 31.9. The second-order valence-corrected chi connectivity index (χ2v) is 41.7. The van der Waals surface area contributed by atoms with Gasteiger partial charge in [-0.2, -0.15) is 0 Å². The molecule has 0 radical (unpaired) electrons. The molecule has 0 heterocycles. The number of hydrogen-bond donors (Lipinski definition) is 0. The number of hydrogen-bond acceptors (Lipinski definition) is 0. The second-order valence-electron chi connectivity index (χ2n) is 41.7. The maximum absolute atomic E-state index is 2.38. The summed E-state index contributed by atoms with van der Waals surface area (Å²) in [6.45, 7) is 61.6. The van der Waals surface area contributed by atoms with E-state index >= 15 is 0 Å². The summed E-state index contributed by atoms with van der Waals surface area (Å²) in [4.78, 5) is 0. The lowest BCUT2D eigenvalue weighted by molar-refractivity contribution is 1.17. The van der Waals surface area contributed by atoms with Gasteiger partial charge in [0.2, 0.25) is 0 Å². The summed E-state index contributed by atoms with van der Waals surface area (Å²) in [5.41, 5.74) is 69.3. The van der Waals surface area contributed by atoms with Gasteiger partial charge in [-0.05, 0) is 506 Å². The molecule has 0 saturated heterocycles. The molecule has 20 aromatic rings. The largest absolute Gasteiger partial charge is 0.0616 e. The Bertz CT molecular complexity index is 8270. The summed E-state index contributed by atoms with van der Waals surface area (Å²) < 4.78 is 0. The van der Waals surface area contributed by atoms with Crippen molar-refractivity contribution in [1.82, 2.24) is 0 Å². The topological polar surface area (TPSA) is 0 Å². The van der Waals surface area contributed by atoms with Crippen LogP contribution in [0.15, 0.2) is 303 Å². The van der Waals surface area contributed by atoms with Crippen molar-refractivity contribution in [3.05, 3.63) is 492 Å². The first kappa shape index (κ1) is 98.3. The van der Waals surface area contributed by atoms with Gasteiger partial charge in [-0.15, -0.1) is 0 Å². The number of rotatable bonds is 5. The zero-order valence-corrected chi connectivity index (χ0v) is 89.0. The fourth-order valence-electron chi connectivity index (χ4n) is 21.8. The first-order valence-corrected chi connectivity index (χ1v) is 50.8. The molecule has 0 spiro atoms. The van der Waals surface area contributed by atoms with E-state index in [1.165, 1.54) is 332 Å². The van der Waals surface area contributed by atoms with E-state index in [9.17, 15) is 0 Å². The van der Waals surface area contributed by atoms with Crippen LogP contribution in [0.5, 0.6) is 0 Å². The van der Waals surface area contributed by atoms with Crippen molar-refractivity contribution in [2.45, 2.75) is 213 Å². The first-order chi connectivity index (χ1) is 67.4. The van der Waals surface area contributed by atoms with E-state index in [-0.39, 0.29) is 0 Å². The smallest absolute Gasteiger partial charge is 0.00105 e. The summed E-state index contributed by atoms with van der Waals surface area (Å²) in [6.07, 6.45) is 3.23. The van der Waals surface area contributed by atoms with E-state index in [1.807, 2.05) is 0 Å². The molecule has 141 heavy (non-hydrogen) atoms. The van der Waals surface area contributed by atoms with Crippen molar-refractivity contribution in [2.24, 2.45) is 0 Å². The molecule has 0 nitrogen and oxygen atoms in total. The molecule has 0 aromatic heterocycles. The van der Waals surface area contributed by atoms with Crippen LogP contribution < -0.4 is 0 Å². The van der Waals surface area contributed by atoms with Gasteiger partial charge >= 0.3 is 0 Å². The third kappa shape index (κ3) is 20.3. The predicted octanol–water partition coefficient (Wildman–Crippen LogP) is 39.3. The Morgan fingerprint density at radius 2 is 0.454 bits per heavy atom. The molecule has 3 aliphatic rings. The van der Waals surface area contributed by atoms with Crippen LogP contribution in [0.4, 0.5) is 0 Å². The van der Waals surface area contributed by atoms with Gasteiger partial charge in [0.1, 0.15) is 0 Å². The maximum Gasteiger partial charge on any atom is -0.00105 e. The van der Waals surface area contributed by atoms with E-state index in [2.05, 4.69) is 497 Å². The molecule has 0 fully saturated rings. The molecule has 0 N–H and O–H groups in total. The summed E-state index contributed by atoms with van der Waals surface area (Å²) >= 11 is 0. The molecule has 0 heteroatoms. The Morgan fingerprint density at radius 1 is 0.135 bits per heavy atom. The van der Waals surface area contributed by atoms with Gasteiger partial charge in [-0.1, -0.05) is 342 Å². The Balaban J connectivity index is 0.000000114. The molecule has 0 unspecified atom stereocenters. The van der Waals surface area contributed by atoms with Crippen LogP contribution in [-0.2, 0) is 19.3 Å². The van der Waals surface area contributed by atoms with Crippen molar-refractivity contribution < 1.29 is 0 Å². The highest BCUT2D eigenvalue weighted by Crippen LogP contribution is 2.47. The van der Waals surface area contributed by atoms with Gasteiger partial charge in [0.15, 0.2) is 0 Å². The van der Waals surface area contributed by atoms with Crippen LogP contribution in [0.3, 0.4) is 0 Å². The molecule has 3 aliphatic carbocycles. The molecule has 0 atom stereocenters. The molecular weight excluding hydrogens is 1690 g/mol. The van der Waals surface area contributed by atoms with Gasteiger partial charge in [0.05, 0.1) is 0 Å². The van der Waals surface area contributed by atoms with E-state index in [0.717, 1.165) is 19.3 Å². The highest BCUT2D eigenvalue weighted by Gasteiger charge is 2.26. The second kappa shape index (κ2) is 40.9. The average Bonchev–Trinajstić information content (AvgIpc) is 1.48. The molecular formula is C141H140. The lowest BCUT2D eigenvalue weighted by atomic mass is 9.88. The van der Waals surface area contributed by atoms with E-state index in [4.69, 9.17) is 0 Å². The Labute approximate surface area is 842 Å². The Kier molecular flexibility index (Phi) is 28.5. The summed E-state index contributed by atoms with van der Waals surface area (Å²) in [6, 6.07) is 113. The Hall–Kier alpha value is -14.3. The van der Waals surface area contributed by atoms with Crippen LogP contribution in [0.25, 0.3) is 143 Å². The number of fused-ring (bicyclic) bond motifs is 18. The lowest BCUT2D eigenvalue weighted by Gasteiger charge is -2.16. The van der Waals surface area contributed by atoms with Crippen LogP contribution in [0.2, 0.25) is 0 Å². The highest BCUT2D eigenvalue weighted by molar-refractivity contribution is 6.26. The van der Waals surface area contributed by atoms with E-state index < -0.39 is 0 Å². The predicted molar refractivity (Wildman–Crippen MR) is 617 cm³/mol. The van der Waals surface area contributed by atoms with Crippen LogP contribution in [-0.4, -0.2) is 0 Å². The quantitative estimate of drug-likeness (QED) is 0.151. The van der Waals surface area contributed by atoms with Crippen LogP contribution >= 0.6 is 0 Å². The van der Waals surface area contributed by atoms with Crippen LogP contribution in [0, 0.1) is 194 Å². The molecule has 20 aromatic carbocycles. The molecule has 0 bridgehead atoms. The summed E-state index contributed by atoms with van der Waals surface area (Å²) in [7, 11) is 0. The fourth-order valence-corrected chi connectivity index (χ4v) is 21.8. The number of aryl methyl sites for hydroxylation is 19. The average molecular weight is 1830 g/mol. The van der Waals surface area contributed by atoms with Crippen molar-refractivity contribution in [2.75, 3.05) is 0 Å². The van der Waals surface area contributed by atoms with Gasteiger partial charge in [0.25, 0.3) is 0 Å². The van der Waals surface area contributed by atoms with Crippen molar-refractivity contribution in [3.8, 4) is 89.0 Å². The monoisotopic (exact) mass is 1830 g/mol. The van der Waals surface area contributed by atoms with Gasteiger partial charge in [-0.25, -0.2) is 0 Å². The zero-order chi connectivity index (χ0) is 100. The SMILES string of the molecule is Cc1ccc2c(c1)-c1cc(C)c(C)c(C)c1C2.Cc1ccc2c(c1)-c1ccc(-c3cc(C)c(C)c(C)c3)cc1C2.Cc1ccc2c(c1)c1ccccc1c1c(C)c(C)c(C)cc21.Cc1ccc2c(ccc3c(C)c(C)c(C)cc32)c1.Cc1cccc(-c2cc(C)c(C)c(C)c2)c1.Cc1cccc(-c2ccc(-c3cc(C)c(C)c(C)c3)cc2)c1.Cc1cccc(-c2ccc3c(c2)Cc2c-3cc(C)c(C)c2C)c1. The zero-order valence-electron chi connectivity index (χ0n) is 89.0. The lowest BCUT2D eigenvalue weighted by Crippen LogP contribution is -1.93. The first-order valence-electron chi connectivity index (χ1n) is 50.8. The molecule has 23 rings (SSSR count).